The number of carbonyl (C=O) groups excluding carboxylic acids is 3. The van der Waals surface area contributed by atoms with Crippen molar-refractivity contribution in [2.75, 3.05) is 13.2 Å². The van der Waals surface area contributed by atoms with E-state index in [1.165, 1.54) is 193 Å². The SMILES string of the molecule is CC/C=C\C/C=C\C/C=C\C/C=C\CCC(=O)OCC(COC(=O)CCCCCCCCCCCCCCCCCCC/C=C\C/C=C\CCCCCCC)OC(=O)CCCCCCC/C=C\CCCCCCCCC. The summed E-state index contributed by atoms with van der Waals surface area (Å²) in [5.41, 5.74) is 0. The molecule has 0 saturated carbocycles. The van der Waals surface area contributed by atoms with Gasteiger partial charge in [-0.1, -0.05) is 286 Å². The monoisotopic (exact) mass is 1060 g/mol. The Balaban J connectivity index is 4.25. The Hall–Kier alpha value is -3.41. The van der Waals surface area contributed by atoms with Crippen molar-refractivity contribution in [2.45, 2.75) is 329 Å². The predicted molar refractivity (Wildman–Crippen MR) is 330 cm³/mol. The summed E-state index contributed by atoms with van der Waals surface area (Å²) in [5.74, 6) is -0.982. The van der Waals surface area contributed by atoms with Crippen molar-refractivity contribution in [1.82, 2.24) is 0 Å². The topological polar surface area (TPSA) is 78.9 Å². The molecule has 0 radical (unpaired) electrons. The molecule has 0 amide bonds. The number of allylic oxidation sites excluding steroid dienone is 14. The Kier molecular flexibility index (Phi) is 61.2. The number of esters is 3. The lowest BCUT2D eigenvalue weighted by Gasteiger charge is -2.18. The molecule has 0 aliphatic carbocycles. The first-order valence-corrected chi connectivity index (χ1v) is 32.6. The summed E-state index contributed by atoms with van der Waals surface area (Å²) >= 11 is 0. The highest BCUT2D eigenvalue weighted by Gasteiger charge is 2.19. The van der Waals surface area contributed by atoms with E-state index < -0.39 is 6.10 Å². The highest BCUT2D eigenvalue weighted by Crippen LogP contribution is 2.17. The highest BCUT2D eigenvalue weighted by atomic mass is 16.6. The summed E-state index contributed by atoms with van der Waals surface area (Å²) in [6.45, 7) is 6.47. The number of ether oxygens (including phenoxy) is 3. The second kappa shape index (κ2) is 64.1. The molecule has 0 N–H and O–H groups in total. The molecule has 1 unspecified atom stereocenters. The fourth-order valence-electron chi connectivity index (χ4n) is 9.25. The molecule has 0 heterocycles. The Morgan fingerprint density at radius 2 is 0.539 bits per heavy atom. The van der Waals surface area contributed by atoms with E-state index in [1.54, 1.807) is 0 Å². The van der Waals surface area contributed by atoms with Gasteiger partial charge in [0.2, 0.25) is 0 Å². The van der Waals surface area contributed by atoms with Gasteiger partial charge in [0, 0.05) is 19.3 Å². The fraction of sp³-hybridized carbons (Fsp3) is 0.757. The molecule has 0 aromatic rings. The Bertz CT molecular complexity index is 1450. The molecule has 0 bridgehead atoms. The Morgan fingerprint density at radius 3 is 0.895 bits per heavy atom. The molecule has 0 aromatic carbocycles. The molecule has 1 atom stereocenters. The smallest absolute Gasteiger partial charge is 0.306 e. The maximum absolute atomic E-state index is 12.9. The third kappa shape index (κ3) is 61.4. The van der Waals surface area contributed by atoms with E-state index in [1.807, 2.05) is 6.08 Å². The van der Waals surface area contributed by atoms with Crippen molar-refractivity contribution < 1.29 is 28.6 Å². The van der Waals surface area contributed by atoms with Crippen molar-refractivity contribution in [3.8, 4) is 0 Å². The predicted octanol–water partition coefficient (Wildman–Crippen LogP) is 22.3. The molecular formula is C70H122O6. The first-order valence-electron chi connectivity index (χ1n) is 32.6. The van der Waals surface area contributed by atoms with E-state index in [4.69, 9.17) is 14.2 Å². The molecule has 438 valence electrons. The first kappa shape index (κ1) is 72.6. The third-order valence-electron chi connectivity index (χ3n) is 14.1. The van der Waals surface area contributed by atoms with Crippen LogP contribution in [0.5, 0.6) is 0 Å². The van der Waals surface area contributed by atoms with Crippen molar-refractivity contribution in [2.24, 2.45) is 0 Å². The minimum atomic E-state index is -0.809. The van der Waals surface area contributed by atoms with Gasteiger partial charge in [-0.15, -0.1) is 0 Å². The Morgan fingerprint density at radius 1 is 0.276 bits per heavy atom. The number of hydrogen-bond acceptors (Lipinski definition) is 6. The number of hydrogen-bond donors (Lipinski definition) is 0. The minimum absolute atomic E-state index is 0.0997. The van der Waals surface area contributed by atoms with E-state index >= 15 is 0 Å². The van der Waals surface area contributed by atoms with Crippen LogP contribution in [-0.2, 0) is 28.6 Å². The standard InChI is InChI=1S/C70H122O6/c1-4-7-10-13-16-19-22-25-27-29-30-31-32-33-34-35-36-37-38-39-40-41-43-45-48-51-54-57-60-63-69(72)75-66-67(65-74-68(71)62-59-56-53-50-47-44-24-21-18-15-12-9-6-3)76-70(73)64-61-58-55-52-49-46-42-28-26-23-20-17-14-11-8-5-2/h9,12,18,21-22,25,28-30,42,44,47,53,56,67H,4-8,10-11,13-17,19-20,23-24,26-27,31-41,43,45-46,48-52,54-55,57-66H2,1-3H3/b12-9-,21-18-,25-22-,30-29-,42-28-,47-44-,56-53-. The van der Waals surface area contributed by atoms with Gasteiger partial charge in [-0.25, -0.2) is 0 Å². The quantitative estimate of drug-likeness (QED) is 0.0261. The molecule has 76 heavy (non-hydrogen) atoms. The van der Waals surface area contributed by atoms with E-state index in [0.29, 0.717) is 19.3 Å². The van der Waals surface area contributed by atoms with Gasteiger partial charge in [0.05, 0.1) is 0 Å². The van der Waals surface area contributed by atoms with Gasteiger partial charge >= 0.3 is 17.9 Å². The third-order valence-corrected chi connectivity index (χ3v) is 14.1. The second-order valence-electron chi connectivity index (χ2n) is 21.6. The molecule has 0 rings (SSSR count). The summed E-state index contributed by atoms with van der Waals surface area (Å²) in [7, 11) is 0. The van der Waals surface area contributed by atoms with Crippen LogP contribution in [0.15, 0.2) is 85.1 Å². The molecule has 0 aliphatic rings. The number of rotatable bonds is 59. The largest absolute Gasteiger partial charge is 0.462 e. The van der Waals surface area contributed by atoms with Crippen LogP contribution in [0.1, 0.15) is 323 Å². The Labute approximate surface area is 471 Å². The van der Waals surface area contributed by atoms with Crippen molar-refractivity contribution in [3.63, 3.8) is 0 Å². The minimum Gasteiger partial charge on any atom is -0.462 e. The van der Waals surface area contributed by atoms with Crippen LogP contribution in [0.3, 0.4) is 0 Å². The van der Waals surface area contributed by atoms with Crippen LogP contribution in [0.2, 0.25) is 0 Å². The van der Waals surface area contributed by atoms with E-state index in [-0.39, 0.29) is 37.5 Å². The van der Waals surface area contributed by atoms with Crippen LogP contribution in [0, 0.1) is 0 Å². The first-order chi connectivity index (χ1) is 37.5. The molecule has 0 fully saturated rings. The molecule has 0 aromatic heterocycles. The number of carbonyl (C=O) groups is 3. The van der Waals surface area contributed by atoms with E-state index in [9.17, 15) is 14.4 Å². The van der Waals surface area contributed by atoms with Gasteiger partial charge in [-0.2, -0.15) is 0 Å². The van der Waals surface area contributed by atoms with Crippen LogP contribution in [0.4, 0.5) is 0 Å². The van der Waals surface area contributed by atoms with Crippen LogP contribution < -0.4 is 0 Å². The summed E-state index contributed by atoms with van der Waals surface area (Å²) in [6, 6.07) is 0. The van der Waals surface area contributed by atoms with Crippen LogP contribution >= 0.6 is 0 Å². The van der Waals surface area contributed by atoms with Gasteiger partial charge in [-0.05, 0) is 103 Å². The normalized spacial score (nSPS) is 12.6. The summed E-state index contributed by atoms with van der Waals surface area (Å²) in [6.07, 6.45) is 84.8. The lowest BCUT2D eigenvalue weighted by molar-refractivity contribution is -0.166. The fourth-order valence-corrected chi connectivity index (χ4v) is 9.25. The average molecular weight is 1060 g/mol. The van der Waals surface area contributed by atoms with Crippen LogP contribution in [-0.4, -0.2) is 37.2 Å². The maximum atomic E-state index is 12.9. The summed E-state index contributed by atoms with van der Waals surface area (Å²) in [5, 5.41) is 0. The highest BCUT2D eigenvalue weighted by molar-refractivity contribution is 5.71. The summed E-state index contributed by atoms with van der Waals surface area (Å²) < 4.78 is 16.8. The number of unbranched alkanes of at least 4 members (excludes halogenated alkanes) is 34. The second-order valence-corrected chi connectivity index (χ2v) is 21.6. The van der Waals surface area contributed by atoms with Gasteiger partial charge in [0.15, 0.2) is 6.10 Å². The molecule has 0 saturated heterocycles. The van der Waals surface area contributed by atoms with Crippen molar-refractivity contribution in [3.05, 3.63) is 85.1 Å². The van der Waals surface area contributed by atoms with E-state index in [2.05, 4.69) is 99.8 Å². The van der Waals surface area contributed by atoms with Crippen molar-refractivity contribution >= 4 is 17.9 Å². The average Bonchev–Trinajstić information content (AvgIpc) is 3.42. The lowest BCUT2D eigenvalue weighted by Crippen LogP contribution is -2.30. The zero-order valence-electron chi connectivity index (χ0n) is 50.3. The van der Waals surface area contributed by atoms with E-state index in [0.717, 1.165) is 83.5 Å². The van der Waals surface area contributed by atoms with Crippen LogP contribution in [0.25, 0.3) is 0 Å². The molecular weight excluding hydrogens is 937 g/mol. The van der Waals surface area contributed by atoms with Gasteiger partial charge in [-0.3, -0.25) is 14.4 Å². The van der Waals surface area contributed by atoms with Gasteiger partial charge in [0.25, 0.3) is 0 Å². The molecule has 6 heteroatoms. The van der Waals surface area contributed by atoms with Crippen molar-refractivity contribution in [1.29, 1.82) is 0 Å². The lowest BCUT2D eigenvalue weighted by atomic mass is 10.0. The summed E-state index contributed by atoms with van der Waals surface area (Å²) in [4.78, 5) is 38.2. The van der Waals surface area contributed by atoms with Gasteiger partial charge < -0.3 is 14.2 Å². The van der Waals surface area contributed by atoms with Gasteiger partial charge in [0.1, 0.15) is 13.2 Å². The maximum Gasteiger partial charge on any atom is 0.306 e. The molecule has 0 spiro atoms. The molecule has 6 nitrogen and oxygen atoms in total. The molecule has 0 aliphatic heterocycles. The zero-order valence-corrected chi connectivity index (χ0v) is 50.3. The zero-order chi connectivity index (χ0) is 55.0.